The van der Waals surface area contributed by atoms with Crippen LogP contribution in [0.1, 0.15) is 36.0 Å². The van der Waals surface area contributed by atoms with Crippen molar-refractivity contribution in [1.82, 2.24) is 4.90 Å². The van der Waals surface area contributed by atoms with Gasteiger partial charge in [0, 0.05) is 24.2 Å². The minimum atomic E-state index is -0.582. The van der Waals surface area contributed by atoms with Gasteiger partial charge in [0.1, 0.15) is 11.6 Å². The maximum atomic E-state index is 13.5. The number of phenols is 1. The largest absolute Gasteiger partial charge is 0.508 e. The van der Waals surface area contributed by atoms with Gasteiger partial charge >= 0.3 is 0 Å². The van der Waals surface area contributed by atoms with Crippen LogP contribution in [0.15, 0.2) is 42.5 Å². The molecule has 0 bridgehead atoms. The molecule has 128 valence electrons. The molecule has 1 aliphatic heterocycles. The Balaban J connectivity index is 1.66. The molecule has 0 spiro atoms. The third-order valence-corrected chi connectivity index (χ3v) is 4.82. The summed E-state index contributed by atoms with van der Waals surface area (Å²) < 4.78 is 13.5. The summed E-state index contributed by atoms with van der Waals surface area (Å²) in [5.74, 6) is -0.288. The van der Waals surface area contributed by atoms with E-state index < -0.39 is 11.9 Å². The number of piperidine rings is 1. The molecule has 1 heterocycles. The highest BCUT2D eigenvalue weighted by Gasteiger charge is 2.24. The number of β-amino-alcohol motifs (C(OH)–C–C–N with tert-alkyl or cyclic N) is 1. The molecule has 1 unspecified atom stereocenters. The first-order valence-corrected chi connectivity index (χ1v) is 8.54. The molecule has 5 heteroatoms. The molecule has 3 nitrogen and oxygen atoms in total. The highest BCUT2D eigenvalue weighted by molar-refractivity contribution is 6.30. The van der Waals surface area contributed by atoms with E-state index in [1.165, 1.54) is 6.07 Å². The van der Waals surface area contributed by atoms with Crippen LogP contribution in [0.25, 0.3) is 0 Å². The average Bonchev–Trinajstić information content (AvgIpc) is 2.55. The van der Waals surface area contributed by atoms with Gasteiger partial charge in [0.15, 0.2) is 0 Å². The Morgan fingerprint density at radius 1 is 1.21 bits per heavy atom. The van der Waals surface area contributed by atoms with Gasteiger partial charge < -0.3 is 10.2 Å². The van der Waals surface area contributed by atoms with Gasteiger partial charge in [-0.3, -0.25) is 4.90 Å². The monoisotopic (exact) mass is 349 g/mol. The van der Waals surface area contributed by atoms with Crippen molar-refractivity contribution in [2.24, 2.45) is 0 Å². The number of rotatable bonds is 4. The van der Waals surface area contributed by atoms with Crippen molar-refractivity contribution in [3.63, 3.8) is 0 Å². The van der Waals surface area contributed by atoms with Crippen LogP contribution in [-0.2, 0) is 0 Å². The summed E-state index contributed by atoms with van der Waals surface area (Å²) in [4.78, 5) is 2.19. The maximum absolute atomic E-state index is 13.5. The lowest BCUT2D eigenvalue weighted by Gasteiger charge is -2.34. The maximum Gasteiger partial charge on any atom is 0.127 e. The molecular weight excluding hydrogens is 329 g/mol. The predicted molar refractivity (Wildman–Crippen MR) is 92.9 cm³/mol. The first-order valence-electron chi connectivity index (χ1n) is 8.16. The Morgan fingerprint density at radius 3 is 2.67 bits per heavy atom. The average molecular weight is 350 g/mol. The fraction of sp³-hybridized carbons (Fsp3) is 0.368. The minimum absolute atomic E-state index is 0.0386. The summed E-state index contributed by atoms with van der Waals surface area (Å²) >= 11 is 5.88. The first-order chi connectivity index (χ1) is 11.5. The molecule has 0 amide bonds. The number of hydrogen-bond donors (Lipinski definition) is 2. The van der Waals surface area contributed by atoms with Crippen molar-refractivity contribution >= 4 is 11.6 Å². The van der Waals surface area contributed by atoms with Crippen molar-refractivity contribution in [3.8, 4) is 5.75 Å². The summed E-state index contributed by atoms with van der Waals surface area (Å²) in [5.41, 5.74) is 1.66. The molecule has 2 N–H and O–H groups in total. The van der Waals surface area contributed by atoms with E-state index in [1.54, 1.807) is 18.2 Å². The lowest BCUT2D eigenvalue weighted by molar-refractivity contribution is 0.0954. The summed E-state index contributed by atoms with van der Waals surface area (Å²) in [5, 5.41) is 20.7. The zero-order chi connectivity index (χ0) is 17.1. The van der Waals surface area contributed by atoms with Gasteiger partial charge in [0.05, 0.1) is 6.10 Å². The van der Waals surface area contributed by atoms with Crippen LogP contribution < -0.4 is 0 Å². The van der Waals surface area contributed by atoms with Crippen molar-refractivity contribution in [2.75, 3.05) is 19.6 Å². The molecule has 0 saturated carbocycles. The van der Waals surface area contributed by atoms with Crippen molar-refractivity contribution < 1.29 is 14.6 Å². The number of hydrogen-bond acceptors (Lipinski definition) is 3. The molecule has 2 aromatic carbocycles. The van der Waals surface area contributed by atoms with Gasteiger partial charge in [-0.1, -0.05) is 23.7 Å². The van der Waals surface area contributed by atoms with E-state index >= 15 is 0 Å². The second-order valence-corrected chi connectivity index (χ2v) is 6.85. The predicted octanol–water partition coefficient (Wildman–Crippen LogP) is 4.10. The molecule has 1 aliphatic rings. The van der Waals surface area contributed by atoms with E-state index in [9.17, 15) is 14.6 Å². The third-order valence-electron chi connectivity index (χ3n) is 4.57. The second-order valence-electron chi connectivity index (χ2n) is 6.41. The highest BCUT2D eigenvalue weighted by atomic mass is 35.5. The summed E-state index contributed by atoms with van der Waals surface area (Å²) in [6, 6.07) is 11.5. The number of phenolic OH excluding ortho intramolecular Hbond substituents is 1. The van der Waals surface area contributed by atoms with E-state index in [0.717, 1.165) is 43.1 Å². The first kappa shape index (κ1) is 17.2. The molecule has 1 fully saturated rings. The van der Waals surface area contributed by atoms with Gasteiger partial charge in [0.2, 0.25) is 0 Å². The Morgan fingerprint density at radius 2 is 1.96 bits per heavy atom. The van der Waals surface area contributed by atoms with E-state index in [-0.39, 0.29) is 11.7 Å². The molecular formula is C19H21ClFNO2. The molecule has 3 rings (SSSR count). The van der Waals surface area contributed by atoms with Gasteiger partial charge in [-0.05, 0) is 60.7 Å². The van der Waals surface area contributed by atoms with Crippen LogP contribution >= 0.6 is 11.6 Å². The smallest absolute Gasteiger partial charge is 0.127 e. The third kappa shape index (κ3) is 4.26. The standard InChI is InChI=1S/C19H21ClFNO2/c20-16-5-3-13(4-6-16)19(24)12-22-7-1-2-14(11-22)15-8-17(21)10-18(23)9-15/h3-6,8-10,14,19,23-24H,1-2,7,11-12H2/t14?,19-/m1/s1. The number of aliphatic hydroxyl groups excluding tert-OH is 1. The molecule has 24 heavy (non-hydrogen) atoms. The Bertz CT molecular complexity index is 672. The molecule has 2 aromatic rings. The fourth-order valence-electron chi connectivity index (χ4n) is 3.36. The normalized spacial score (nSPS) is 20.0. The topological polar surface area (TPSA) is 43.7 Å². The van der Waals surface area contributed by atoms with Crippen molar-refractivity contribution in [1.29, 1.82) is 0 Å². The van der Waals surface area contributed by atoms with Crippen LogP contribution in [0.3, 0.4) is 0 Å². The van der Waals surface area contributed by atoms with Gasteiger partial charge in [-0.2, -0.15) is 0 Å². The van der Waals surface area contributed by atoms with Crippen LogP contribution in [0.5, 0.6) is 5.75 Å². The Hall–Kier alpha value is -1.62. The van der Waals surface area contributed by atoms with E-state index in [1.807, 2.05) is 12.1 Å². The van der Waals surface area contributed by atoms with E-state index in [2.05, 4.69) is 4.90 Å². The molecule has 0 aliphatic carbocycles. The highest BCUT2D eigenvalue weighted by Crippen LogP contribution is 2.30. The number of likely N-dealkylation sites (tertiary alicyclic amines) is 1. The fourth-order valence-corrected chi connectivity index (χ4v) is 3.49. The molecule has 2 atom stereocenters. The number of nitrogens with zero attached hydrogens (tertiary/aromatic N) is 1. The summed E-state index contributed by atoms with van der Waals surface area (Å²) in [6.45, 7) is 2.18. The zero-order valence-corrected chi connectivity index (χ0v) is 14.1. The summed E-state index contributed by atoms with van der Waals surface area (Å²) in [6.07, 6.45) is 1.35. The van der Waals surface area contributed by atoms with Crippen LogP contribution in [0, 0.1) is 5.82 Å². The lowest BCUT2D eigenvalue weighted by Crippen LogP contribution is -2.37. The number of benzene rings is 2. The van der Waals surface area contributed by atoms with Crippen molar-refractivity contribution in [2.45, 2.75) is 24.9 Å². The SMILES string of the molecule is Oc1cc(F)cc(C2CCCN(C[C@@H](O)c3ccc(Cl)cc3)C2)c1. The number of aromatic hydroxyl groups is 1. The second kappa shape index (κ2) is 7.51. The molecule has 0 aromatic heterocycles. The van der Waals surface area contributed by atoms with Crippen molar-refractivity contribution in [3.05, 3.63) is 64.4 Å². The minimum Gasteiger partial charge on any atom is -0.508 e. The summed E-state index contributed by atoms with van der Waals surface area (Å²) in [7, 11) is 0. The number of aliphatic hydroxyl groups is 1. The van der Waals surface area contributed by atoms with Crippen LogP contribution in [0.4, 0.5) is 4.39 Å². The quantitative estimate of drug-likeness (QED) is 0.873. The Labute approximate surface area is 146 Å². The van der Waals surface area contributed by atoms with Crippen LogP contribution in [-0.4, -0.2) is 34.7 Å². The number of halogens is 2. The lowest BCUT2D eigenvalue weighted by atomic mass is 9.90. The molecule has 0 radical (unpaired) electrons. The Kier molecular flexibility index (Phi) is 5.39. The van der Waals surface area contributed by atoms with E-state index in [4.69, 9.17) is 11.6 Å². The van der Waals surface area contributed by atoms with Gasteiger partial charge in [-0.25, -0.2) is 4.39 Å². The van der Waals surface area contributed by atoms with Crippen LogP contribution in [0.2, 0.25) is 5.02 Å². The van der Waals surface area contributed by atoms with Gasteiger partial charge in [0.25, 0.3) is 0 Å². The van der Waals surface area contributed by atoms with E-state index in [0.29, 0.717) is 11.6 Å². The molecule has 1 saturated heterocycles. The zero-order valence-electron chi connectivity index (χ0n) is 13.3. The van der Waals surface area contributed by atoms with Gasteiger partial charge in [-0.15, -0.1) is 0 Å².